The van der Waals surface area contributed by atoms with Crippen molar-refractivity contribution in [3.05, 3.63) is 34.1 Å². The highest BCUT2D eigenvalue weighted by atomic mass is 79.9. The molecule has 1 fully saturated rings. The first-order chi connectivity index (χ1) is 10.9. The fraction of sp³-hybridized carbons (Fsp3) is 0.286. The van der Waals surface area contributed by atoms with Gasteiger partial charge in [-0.05, 0) is 18.6 Å². The van der Waals surface area contributed by atoms with Gasteiger partial charge in [0.1, 0.15) is 0 Å². The maximum atomic E-state index is 12.0. The molecule has 0 spiro atoms. The standard InChI is InChI=1S/C14H14BrN3O3S2/c15-11-4-1-3-10(7-11)12-9-22-14(16-12)17-13(19)8-18-5-2-6-23(18,20)21/h1,3-4,7,9H,2,5-6,8H2,(H,16,17,19). The molecular formula is C14H14BrN3O3S2. The largest absolute Gasteiger partial charge is 0.301 e. The van der Waals surface area contributed by atoms with Crippen molar-refractivity contribution in [2.75, 3.05) is 24.2 Å². The van der Waals surface area contributed by atoms with E-state index in [1.807, 2.05) is 29.6 Å². The van der Waals surface area contributed by atoms with E-state index in [1.165, 1.54) is 15.6 Å². The SMILES string of the molecule is O=C(CN1CCCS1(=O)=O)Nc1nc(-c2cccc(Br)c2)cs1. The average molecular weight is 416 g/mol. The maximum Gasteiger partial charge on any atom is 0.241 e. The minimum atomic E-state index is -3.27. The number of anilines is 1. The number of nitrogens with zero attached hydrogens (tertiary/aromatic N) is 2. The van der Waals surface area contributed by atoms with Crippen LogP contribution in [0.3, 0.4) is 0 Å². The van der Waals surface area contributed by atoms with Crippen molar-refractivity contribution in [1.29, 1.82) is 0 Å². The van der Waals surface area contributed by atoms with Crippen LogP contribution in [0.15, 0.2) is 34.1 Å². The van der Waals surface area contributed by atoms with E-state index in [-0.39, 0.29) is 18.2 Å². The molecule has 1 aromatic carbocycles. The van der Waals surface area contributed by atoms with Crippen LogP contribution >= 0.6 is 27.3 Å². The number of hydrogen-bond donors (Lipinski definition) is 1. The normalized spacial score (nSPS) is 17.3. The molecule has 0 saturated carbocycles. The molecule has 23 heavy (non-hydrogen) atoms. The van der Waals surface area contributed by atoms with Crippen LogP contribution in [0.5, 0.6) is 0 Å². The second kappa shape index (κ2) is 6.68. The summed E-state index contributed by atoms with van der Waals surface area (Å²) in [5.41, 5.74) is 1.71. The molecule has 0 atom stereocenters. The molecule has 2 aromatic rings. The van der Waals surface area contributed by atoms with Crippen LogP contribution in [0.1, 0.15) is 6.42 Å². The zero-order chi connectivity index (χ0) is 16.4. The predicted molar refractivity (Wildman–Crippen MR) is 93.9 cm³/mol. The van der Waals surface area contributed by atoms with Crippen LogP contribution in [0, 0.1) is 0 Å². The first kappa shape index (κ1) is 16.6. The number of thiazole rings is 1. The van der Waals surface area contributed by atoms with E-state index >= 15 is 0 Å². The van der Waals surface area contributed by atoms with Crippen molar-refractivity contribution >= 4 is 48.3 Å². The summed E-state index contributed by atoms with van der Waals surface area (Å²) in [6.07, 6.45) is 0.569. The molecule has 1 aliphatic heterocycles. The number of benzene rings is 1. The van der Waals surface area contributed by atoms with Crippen molar-refractivity contribution in [2.24, 2.45) is 0 Å². The number of sulfonamides is 1. The van der Waals surface area contributed by atoms with Crippen LogP contribution in [-0.4, -0.2) is 42.5 Å². The Hall–Kier alpha value is -1.29. The highest BCUT2D eigenvalue weighted by Gasteiger charge is 2.29. The average Bonchev–Trinajstić information content (AvgIpc) is 3.06. The molecule has 1 N–H and O–H groups in total. The molecule has 0 aliphatic carbocycles. The Balaban J connectivity index is 1.66. The number of halogens is 1. The highest BCUT2D eigenvalue weighted by Crippen LogP contribution is 2.27. The third kappa shape index (κ3) is 3.97. The summed E-state index contributed by atoms with van der Waals surface area (Å²) in [6, 6.07) is 7.71. The number of amides is 1. The molecule has 3 rings (SSSR count). The molecule has 0 unspecified atom stereocenters. The minimum Gasteiger partial charge on any atom is -0.301 e. The van der Waals surface area contributed by atoms with Crippen LogP contribution in [0.2, 0.25) is 0 Å². The zero-order valence-corrected chi connectivity index (χ0v) is 15.2. The third-order valence-corrected chi connectivity index (χ3v) is 6.55. The Morgan fingerprint density at radius 2 is 2.26 bits per heavy atom. The fourth-order valence-corrected chi connectivity index (χ4v) is 4.91. The van der Waals surface area contributed by atoms with Crippen molar-refractivity contribution in [3.63, 3.8) is 0 Å². The number of nitrogens with one attached hydrogen (secondary N) is 1. The van der Waals surface area contributed by atoms with E-state index in [1.54, 1.807) is 0 Å². The van der Waals surface area contributed by atoms with Crippen molar-refractivity contribution in [1.82, 2.24) is 9.29 Å². The Morgan fingerprint density at radius 1 is 1.43 bits per heavy atom. The number of carbonyl (C=O) groups is 1. The predicted octanol–water partition coefficient (Wildman–Crippen LogP) is 2.55. The lowest BCUT2D eigenvalue weighted by Gasteiger charge is -2.12. The number of rotatable bonds is 4. The summed E-state index contributed by atoms with van der Waals surface area (Å²) in [5.74, 6) is -0.254. The van der Waals surface area contributed by atoms with E-state index in [4.69, 9.17) is 0 Å². The minimum absolute atomic E-state index is 0.116. The molecule has 1 amide bonds. The maximum absolute atomic E-state index is 12.0. The molecule has 2 heterocycles. The summed E-state index contributed by atoms with van der Waals surface area (Å²) in [7, 11) is -3.27. The zero-order valence-electron chi connectivity index (χ0n) is 12.0. The van der Waals surface area contributed by atoms with Crippen LogP contribution in [0.4, 0.5) is 5.13 Å². The fourth-order valence-electron chi connectivity index (χ4n) is 2.30. The van der Waals surface area contributed by atoms with Gasteiger partial charge in [0, 0.05) is 22.0 Å². The van der Waals surface area contributed by atoms with Gasteiger partial charge in [-0.3, -0.25) is 4.79 Å². The van der Waals surface area contributed by atoms with Gasteiger partial charge < -0.3 is 5.32 Å². The van der Waals surface area contributed by atoms with Gasteiger partial charge in [-0.2, -0.15) is 4.31 Å². The molecule has 0 radical (unpaired) electrons. The van der Waals surface area contributed by atoms with Gasteiger partial charge in [-0.1, -0.05) is 28.1 Å². The van der Waals surface area contributed by atoms with Crippen molar-refractivity contribution in [2.45, 2.75) is 6.42 Å². The lowest BCUT2D eigenvalue weighted by molar-refractivity contribution is -0.116. The van der Waals surface area contributed by atoms with E-state index in [2.05, 4.69) is 26.2 Å². The Morgan fingerprint density at radius 3 is 2.96 bits per heavy atom. The molecule has 0 bridgehead atoms. The Kier molecular flexibility index (Phi) is 4.81. The lowest BCUT2D eigenvalue weighted by atomic mass is 10.2. The Bertz CT molecular complexity index is 835. The molecule has 122 valence electrons. The van der Waals surface area contributed by atoms with E-state index < -0.39 is 10.0 Å². The summed E-state index contributed by atoms with van der Waals surface area (Å²) >= 11 is 4.72. The molecule has 6 nitrogen and oxygen atoms in total. The van der Waals surface area contributed by atoms with Gasteiger partial charge in [-0.15, -0.1) is 11.3 Å². The van der Waals surface area contributed by atoms with Crippen molar-refractivity contribution in [3.8, 4) is 11.3 Å². The third-order valence-electron chi connectivity index (χ3n) is 3.39. The summed E-state index contributed by atoms with van der Waals surface area (Å²) in [6.45, 7) is 0.241. The quantitative estimate of drug-likeness (QED) is 0.831. The monoisotopic (exact) mass is 415 g/mol. The van der Waals surface area contributed by atoms with Gasteiger partial charge in [0.2, 0.25) is 15.9 Å². The number of aromatic nitrogens is 1. The summed E-state index contributed by atoms with van der Waals surface area (Å²) in [4.78, 5) is 16.4. The molecular weight excluding hydrogens is 402 g/mol. The molecule has 1 saturated heterocycles. The smallest absolute Gasteiger partial charge is 0.241 e. The summed E-state index contributed by atoms with van der Waals surface area (Å²) < 4.78 is 25.6. The molecule has 1 aromatic heterocycles. The second-order valence-corrected chi connectivity index (χ2v) is 8.96. The lowest BCUT2D eigenvalue weighted by Crippen LogP contribution is -2.34. The van der Waals surface area contributed by atoms with E-state index in [0.29, 0.717) is 18.1 Å². The van der Waals surface area contributed by atoms with Gasteiger partial charge in [0.15, 0.2) is 5.13 Å². The number of hydrogen-bond acceptors (Lipinski definition) is 5. The van der Waals surface area contributed by atoms with Gasteiger partial charge in [-0.25, -0.2) is 13.4 Å². The molecule has 9 heteroatoms. The van der Waals surface area contributed by atoms with Gasteiger partial charge >= 0.3 is 0 Å². The summed E-state index contributed by atoms with van der Waals surface area (Å²) in [5, 5.41) is 4.97. The second-order valence-electron chi connectivity index (χ2n) is 5.10. The first-order valence-electron chi connectivity index (χ1n) is 6.93. The van der Waals surface area contributed by atoms with Gasteiger partial charge in [0.25, 0.3) is 0 Å². The highest BCUT2D eigenvalue weighted by molar-refractivity contribution is 9.10. The van der Waals surface area contributed by atoms with Crippen LogP contribution in [0.25, 0.3) is 11.3 Å². The van der Waals surface area contributed by atoms with Crippen LogP contribution in [-0.2, 0) is 14.8 Å². The van der Waals surface area contributed by atoms with E-state index in [9.17, 15) is 13.2 Å². The Labute approximate surface area is 146 Å². The van der Waals surface area contributed by atoms with Crippen molar-refractivity contribution < 1.29 is 13.2 Å². The molecule has 1 aliphatic rings. The first-order valence-corrected chi connectivity index (χ1v) is 10.2. The van der Waals surface area contributed by atoms with E-state index in [0.717, 1.165) is 15.7 Å². The number of carbonyl (C=O) groups excluding carboxylic acids is 1. The van der Waals surface area contributed by atoms with Crippen LogP contribution < -0.4 is 5.32 Å². The van der Waals surface area contributed by atoms with Gasteiger partial charge in [0.05, 0.1) is 18.0 Å². The topological polar surface area (TPSA) is 79.4 Å².